The number of hydrogen-bond donors (Lipinski definition) is 1. The number of carbonyl (C=O) groups is 2. The van der Waals surface area contributed by atoms with Gasteiger partial charge in [0.05, 0.1) is 32.1 Å². The van der Waals surface area contributed by atoms with Crippen LogP contribution >= 0.6 is 0 Å². The van der Waals surface area contributed by atoms with E-state index in [0.29, 0.717) is 38.4 Å². The van der Waals surface area contributed by atoms with Gasteiger partial charge in [-0.25, -0.2) is 0 Å². The summed E-state index contributed by atoms with van der Waals surface area (Å²) in [5.74, 6) is 0.771. The molecule has 0 radical (unpaired) electrons. The Morgan fingerprint density at radius 3 is 2.65 bits per heavy atom. The number of aromatic nitrogens is 1. The third kappa shape index (κ3) is 4.15. The number of nitrogens with one attached hydrogen (secondary N) is 1. The molecule has 37 heavy (non-hydrogen) atoms. The van der Waals surface area contributed by atoms with Crippen LogP contribution in [0.3, 0.4) is 0 Å². The highest BCUT2D eigenvalue weighted by atomic mass is 16.5. The van der Waals surface area contributed by atoms with Crippen LogP contribution in [0.4, 0.5) is 0 Å². The molecule has 188 valence electrons. The highest BCUT2D eigenvalue weighted by Gasteiger charge is 2.40. The Balaban J connectivity index is 1.45. The maximum Gasteiger partial charge on any atom is 0.255 e. The molecule has 1 saturated heterocycles. The van der Waals surface area contributed by atoms with Crippen molar-refractivity contribution < 1.29 is 19.1 Å². The molecule has 1 fully saturated rings. The van der Waals surface area contributed by atoms with Gasteiger partial charge in [-0.1, -0.05) is 48.5 Å². The number of carbonyl (C=O) groups excluding carboxylic acids is 2. The Morgan fingerprint density at radius 1 is 1.03 bits per heavy atom. The molecule has 1 atom stereocenters. The summed E-state index contributed by atoms with van der Waals surface area (Å²) in [6.45, 7) is 2.65. The van der Waals surface area contributed by atoms with E-state index in [2.05, 4.69) is 17.1 Å². The minimum absolute atomic E-state index is 0.0442. The summed E-state index contributed by atoms with van der Waals surface area (Å²) in [4.78, 5) is 34.0. The number of benzene rings is 3. The first kappa shape index (κ1) is 23.3. The van der Waals surface area contributed by atoms with Crippen LogP contribution in [0.25, 0.3) is 22.2 Å². The monoisotopic (exact) mass is 495 g/mol. The van der Waals surface area contributed by atoms with Gasteiger partial charge in [-0.15, -0.1) is 0 Å². The third-order valence-electron chi connectivity index (χ3n) is 7.37. The van der Waals surface area contributed by atoms with E-state index < -0.39 is 0 Å². The first-order chi connectivity index (χ1) is 18.2. The maximum absolute atomic E-state index is 13.7. The number of rotatable bonds is 6. The number of H-pyrrole nitrogens is 1. The molecule has 2 aliphatic heterocycles. The molecule has 4 aromatic rings. The average Bonchev–Trinajstić information content (AvgIpc) is 3.47. The lowest BCUT2D eigenvalue weighted by atomic mass is 9.93. The molecule has 1 aromatic heterocycles. The topological polar surface area (TPSA) is 74.9 Å². The molecule has 0 bridgehead atoms. The number of fused-ring (bicyclic) bond motifs is 2. The lowest BCUT2D eigenvalue weighted by Gasteiger charge is -2.30. The Hall–Kier alpha value is -4.10. The molecule has 3 aromatic carbocycles. The molecule has 0 spiro atoms. The second-order valence-corrected chi connectivity index (χ2v) is 9.42. The first-order valence-electron chi connectivity index (χ1n) is 12.7. The van der Waals surface area contributed by atoms with Gasteiger partial charge in [0, 0.05) is 53.6 Å². The summed E-state index contributed by atoms with van der Waals surface area (Å²) in [6, 6.07) is 23.6. The van der Waals surface area contributed by atoms with Gasteiger partial charge in [-0.2, -0.15) is 0 Å². The van der Waals surface area contributed by atoms with Crippen LogP contribution in [0, 0.1) is 0 Å². The summed E-state index contributed by atoms with van der Waals surface area (Å²) in [5.41, 5.74) is 5.59. The van der Waals surface area contributed by atoms with Gasteiger partial charge in [0.2, 0.25) is 5.91 Å². The van der Waals surface area contributed by atoms with Crippen molar-refractivity contribution in [2.24, 2.45) is 0 Å². The van der Waals surface area contributed by atoms with Crippen LogP contribution in [0.5, 0.6) is 5.75 Å². The average molecular weight is 496 g/mol. The van der Waals surface area contributed by atoms with Gasteiger partial charge < -0.3 is 24.3 Å². The van der Waals surface area contributed by atoms with Crippen molar-refractivity contribution in [2.45, 2.75) is 12.5 Å². The molecule has 2 amide bonds. The van der Waals surface area contributed by atoms with Crippen molar-refractivity contribution in [1.29, 1.82) is 0 Å². The van der Waals surface area contributed by atoms with E-state index in [0.717, 1.165) is 39.0 Å². The zero-order chi connectivity index (χ0) is 25.4. The van der Waals surface area contributed by atoms with Crippen molar-refractivity contribution in [3.63, 3.8) is 0 Å². The highest BCUT2D eigenvalue weighted by Crippen LogP contribution is 2.45. The van der Waals surface area contributed by atoms with Crippen molar-refractivity contribution in [1.82, 2.24) is 14.8 Å². The Bertz CT molecular complexity index is 1470. The molecule has 7 nitrogen and oxygen atoms in total. The van der Waals surface area contributed by atoms with Crippen LogP contribution in [0.2, 0.25) is 0 Å². The van der Waals surface area contributed by atoms with Crippen LogP contribution in [0.1, 0.15) is 33.9 Å². The summed E-state index contributed by atoms with van der Waals surface area (Å²) in [5, 5.41) is 1.05. The fourth-order valence-corrected chi connectivity index (χ4v) is 5.55. The van der Waals surface area contributed by atoms with E-state index in [4.69, 9.17) is 9.47 Å². The number of morpholine rings is 1. The van der Waals surface area contributed by atoms with Crippen molar-refractivity contribution in [3.05, 3.63) is 89.5 Å². The number of hydrogen-bond acceptors (Lipinski definition) is 4. The molecule has 0 saturated carbocycles. The van der Waals surface area contributed by atoms with Crippen LogP contribution < -0.4 is 4.74 Å². The summed E-state index contributed by atoms with van der Waals surface area (Å²) < 4.78 is 10.9. The third-order valence-corrected chi connectivity index (χ3v) is 7.37. The molecule has 1 unspecified atom stereocenters. The van der Waals surface area contributed by atoms with Crippen LogP contribution in [-0.4, -0.2) is 66.6 Å². The number of para-hydroxylation sites is 1. The predicted octanol–water partition coefficient (Wildman–Crippen LogP) is 4.64. The first-order valence-corrected chi connectivity index (χ1v) is 12.7. The standard InChI is InChI=1S/C30H29N3O4/c1-36-21-8-6-7-20(19-21)28-27(24-11-4-5-12-25(24)31-28)29-22-9-2-3-10-23(22)30(35)33(29)14-13-26(34)32-15-17-37-18-16-32/h2-12,19,29,31H,13-18H2,1H3. The smallest absolute Gasteiger partial charge is 0.255 e. The van der Waals surface area contributed by atoms with Gasteiger partial charge in [0.15, 0.2) is 0 Å². The SMILES string of the molecule is COc1cccc(-c2[nH]c3ccccc3c2C2c3ccccc3C(=O)N2CCC(=O)N2CCOCC2)c1. The van der Waals surface area contributed by atoms with Gasteiger partial charge in [-0.05, 0) is 29.8 Å². The predicted molar refractivity (Wildman–Crippen MR) is 142 cm³/mol. The molecule has 3 heterocycles. The molecular weight excluding hydrogens is 466 g/mol. The Labute approximate surface area is 215 Å². The van der Waals surface area contributed by atoms with Crippen LogP contribution in [-0.2, 0) is 9.53 Å². The number of nitrogens with zero attached hydrogens (tertiary/aromatic N) is 2. The van der Waals surface area contributed by atoms with E-state index in [-0.39, 0.29) is 24.3 Å². The molecule has 6 rings (SSSR count). The molecular formula is C30H29N3O4. The largest absolute Gasteiger partial charge is 0.497 e. The number of amides is 2. The molecule has 1 N–H and O–H groups in total. The van der Waals surface area contributed by atoms with Gasteiger partial charge in [0.1, 0.15) is 5.75 Å². The zero-order valence-corrected chi connectivity index (χ0v) is 20.8. The minimum Gasteiger partial charge on any atom is -0.497 e. The van der Waals surface area contributed by atoms with E-state index in [1.54, 1.807) is 7.11 Å². The zero-order valence-electron chi connectivity index (χ0n) is 20.8. The lowest BCUT2D eigenvalue weighted by molar-refractivity contribution is -0.135. The summed E-state index contributed by atoms with van der Waals surface area (Å²) in [7, 11) is 1.66. The van der Waals surface area contributed by atoms with Gasteiger partial charge in [0.25, 0.3) is 5.91 Å². The Kier molecular flexibility index (Phi) is 6.14. The van der Waals surface area contributed by atoms with Crippen molar-refractivity contribution in [2.75, 3.05) is 40.0 Å². The highest BCUT2D eigenvalue weighted by molar-refractivity contribution is 6.02. The summed E-state index contributed by atoms with van der Waals surface area (Å²) in [6.07, 6.45) is 0.271. The number of aromatic amines is 1. The second-order valence-electron chi connectivity index (χ2n) is 9.42. The van der Waals surface area contributed by atoms with Crippen LogP contribution in [0.15, 0.2) is 72.8 Å². The fourth-order valence-electron chi connectivity index (χ4n) is 5.55. The van der Waals surface area contributed by atoms with E-state index in [1.807, 2.05) is 70.5 Å². The van der Waals surface area contributed by atoms with E-state index in [1.165, 1.54) is 0 Å². The van der Waals surface area contributed by atoms with Crippen molar-refractivity contribution in [3.8, 4) is 17.0 Å². The van der Waals surface area contributed by atoms with Gasteiger partial charge >= 0.3 is 0 Å². The maximum atomic E-state index is 13.7. The number of ether oxygens (including phenoxy) is 2. The van der Waals surface area contributed by atoms with E-state index >= 15 is 0 Å². The number of methoxy groups -OCH3 is 1. The summed E-state index contributed by atoms with van der Waals surface area (Å²) >= 11 is 0. The molecule has 7 heteroatoms. The quantitative estimate of drug-likeness (QED) is 0.423. The second kappa shape index (κ2) is 9.75. The van der Waals surface area contributed by atoms with E-state index in [9.17, 15) is 9.59 Å². The molecule has 0 aliphatic carbocycles. The van der Waals surface area contributed by atoms with Crippen molar-refractivity contribution >= 4 is 22.7 Å². The molecule has 2 aliphatic rings. The van der Waals surface area contributed by atoms with Gasteiger partial charge in [-0.3, -0.25) is 9.59 Å². The minimum atomic E-state index is -0.321. The lowest BCUT2D eigenvalue weighted by Crippen LogP contribution is -2.42. The Morgan fingerprint density at radius 2 is 1.81 bits per heavy atom. The fraction of sp³-hybridized carbons (Fsp3) is 0.267. The normalized spacial score (nSPS) is 17.3.